The molecule has 2 amide bonds. The third kappa shape index (κ3) is 4.33. The van der Waals surface area contributed by atoms with Crippen LogP contribution in [0.4, 0.5) is 14.9 Å². The molecular weight excluding hydrogens is 493 g/mol. The zero-order valence-corrected chi connectivity index (χ0v) is 21.7. The van der Waals surface area contributed by atoms with Crippen LogP contribution in [0.25, 0.3) is 11.5 Å². The zero-order valence-electron chi connectivity index (χ0n) is 21.7. The van der Waals surface area contributed by atoms with E-state index < -0.39 is 6.04 Å². The van der Waals surface area contributed by atoms with Crippen LogP contribution in [-0.4, -0.2) is 32.4 Å². The van der Waals surface area contributed by atoms with Gasteiger partial charge >= 0.3 is 6.03 Å². The minimum Gasteiger partial charge on any atom is -0.495 e. The van der Waals surface area contributed by atoms with Gasteiger partial charge in [-0.05, 0) is 60.5 Å². The van der Waals surface area contributed by atoms with Crippen LogP contribution in [0.1, 0.15) is 35.5 Å². The Morgan fingerprint density at radius 2 is 1.82 bits per heavy atom. The van der Waals surface area contributed by atoms with E-state index in [0.717, 1.165) is 28.5 Å². The van der Waals surface area contributed by atoms with E-state index in [1.165, 1.54) is 12.1 Å². The lowest BCUT2D eigenvalue weighted by Gasteiger charge is -2.31. The summed E-state index contributed by atoms with van der Waals surface area (Å²) in [6, 6.07) is 26.7. The number of aryl methyl sites for hydroxylation is 1. The second-order valence-electron chi connectivity index (χ2n) is 9.37. The van der Waals surface area contributed by atoms with Crippen molar-refractivity contribution in [2.75, 3.05) is 12.4 Å². The van der Waals surface area contributed by atoms with E-state index in [2.05, 4.69) is 16.8 Å². The second-order valence-corrected chi connectivity index (χ2v) is 9.37. The van der Waals surface area contributed by atoms with E-state index in [1.54, 1.807) is 30.2 Å². The van der Waals surface area contributed by atoms with Crippen LogP contribution in [0.2, 0.25) is 0 Å². The summed E-state index contributed by atoms with van der Waals surface area (Å²) in [5.74, 6) is 1.06. The normalized spacial score (nSPS) is 14.3. The van der Waals surface area contributed by atoms with E-state index in [0.29, 0.717) is 23.4 Å². The zero-order chi connectivity index (χ0) is 26.9. The van der Waals surface area contributed by atoms with Gasteiger partial charge in [0, 0.05) is 11.8 Å². The van der Waals surface area contributed by atoms with Gasteiger partial charge < -0.3 is 19.5 Å². The molecule has 3 aromatic carbocycles. The molecule has 2 aromatic heterocycles. The summed E-state index contributed by atoms with van der Waals surface area (Å²) in [4.78, 5) is 15.8. The van der Waals surface area contributed by atoms with Crippen LogP contribution in [0.5, 0.6) is 5.75 Å². The summed E-state index contributed by atoms with van der Waals surface area (Å²) in [5.41, 5.74) is 4.80. The maximum atomic E-state index is 14.5. The summed E-state index contributed by atoms with van der Waals surface area (Å²) in [5, 5.41) is 8.01. The fraction of sp³-hybridized carbons (Fsp3) is 0.161. The van der Waals surface area contributed by atoms with Crippen molar-refractivity contribution in [1.82, 2.24) is 19.2 Å². The molecule has 0 saturated carbocycles. The number of benzene rings is 3. The van der Waals surface area contributed by atoms with E-state index in [1.807, 2.05) is 71.5 Å². The van der Waals surface area contributed by atoms with Crippen LogP contribution >= 0.6 is 0 Å². The number of carbonyl (C=O) groups is 1. The molecule has 6 rings (SSSR count). The average molecular weight is 522 g/mol. The quantitative estimate of drug-likeness (QED) is 0.287. The highest BCUT2D eigenvalue weighted by Crippen LogP contribution is 2.39. The first-order valence-corrected chi connectivity index (χ1v) is 12.9. The van der Waals surface area contributed by atoms with Gasteiger partial charge in [0.05, 0.1) is 42.5 Å². The van der Waals surface area contributed by atoms with Crippen LogP contribution in [0, 0.1) is 5.82 Å². The maximum absolute atomic E-state index is 14.5. The van der Waals surface area contributed by atoms with Crippen molar-refractivity contribution < 1.29 is 13.9 Å². The molecule has 0 bridgehead atoms. The smallest absolute Gasteiger partial charge is 0.323 e. The summed E-state index contributed by atoms with van der Waals surface area (Å²) in [6.07, 6.45) is 2.66. The van der Waals surface area contributed by atoms with Gasteiger partial charge in [0.25, 0.3) is 0 Å². The van der Waals surface area contributed by atoms with Crippen molar-refractivity contribution >= 4 is 11.7 Å². The Hall–Kier alpha value is -4.85. The first-order chi connectivity index (χ1) is 19.1. The van der Waals surface area contributed by atoms with Crippen molar-refractivity contribution in [1.29, 1.82) is 0 Å². The third-order valence-corrected chi connectivity index (χ3v) is 7.08. The number of methoxy groups -OCH3 is 1. The average Bonchev–Trinajstić information content (AvgIpc) is 3.55. The Balaban J connectivity index is 1.56. The molecule has 1 N–H and O–H groups in total. The molecule has 0 saturated heterocycles. The minimum absolute atomic E-state index is 0.273. The van der Waals surface area contributed by atoms with Crippen molar-refractivity contribution in [2.45, 2.75) is 25.9 Å². The topological polar surface area (TPSA) is 64.3 Å². The van der Waals surface area contributed by atoms with Gasteiger partial charge in [0.15, 0.2) is 0 Å². The Morgan fingerprint density at radius 3 is 2.59 bits per heavy atom. The van der Waals surface area contributed by atoms with E-state index in [-0.39, 0.29) is 18.4 Å². The summed E-state index contributed by atoms with van der Waals surface area (Å²) in [7, 11) is 1.57. The number of carbonyl (C=O) groups excluding carboxylic acids is 1. The van der Waals surface area contributed by atoms with Gasteiger partial charge in [-0.3, -0.25) is 0 Å². The number of nitrogens with zero attached hydrogens (tertiary/aromatic N) is 4. The Labute approximate surface area is 226 Å². The number of rotatable bonds is 5. The maximum Gasteiger partial charge on any atom is 0.323 e. The fourth-order valence-corrected chi connectivity index (χ4v) is 5.31. The van der Waals surface area contributed by atoms with Crippen LogP contribution < -0.4 is 10.1 Å². The molecule has 0 fully saturated rings. The van der Waals surface area contributed by atoms with Gasteiger partial charge in [-0.15, -0.1) is 0 Å². The molecule has 0 aliphatic carbocycles. The first-order valence-electron chi connectivity index (χ1n) is 12.9. The predicted molar refractivity (Wildman–Crippen MR) is 148 cm³/mol. The van der Waals surface area contributed by atoms with Gasteiger partial charge in [-0.1, -0.05) is 49.4 Å². The van der Waals surface area contributed by atoms with Crippen molar-refractivity contribution in [2.24, 2.45) is 0 Å². The molecule has 0 radical (unpaired) electrons. The highest BCUT2D eigenvalue weighted by atomic mass is 19.1. The number of amides is 2. The summed E-state index contributed by atoms with van der Waals surface area (Å²) < 4.78 is 24.0. The molecule has 5 aromatic rings. The molecule has 196 valence electrons. The van der Waals surface area contributed by atoms with Gasteiger partial charge in [-0.25, -0.2) is 13.9 Å². The number of fused-ring (bicyclic) bond motifs is 3. The molecule has 8 heteroatoms. The lowest BCUT2D eigenvalue weighted by atomic mass is 10.0. The molecule has 3 heterocycles. The monoisotopic (exact) mass is 521 g/mol. The van der Waals surface area contributed by atoms with Crippen molar-refractivity contribution in [3.63, 3.8) is 0 Å². The van der Waals surface area contributed by atoms with Gasteiger partial charge in [0.1, 0.15) is 17.4 Å². The molecular formula is C31H28FN5O2. The third-order valence-electron chi connectivity index (χ3n) is 7.08. The Bertz CT molecular complexity index is 1640. The van der Waals surface area contributed by atoms with Crippen molar-refractivity contribution in [3.05, 3.63) is 126 Å². The fourth-order valence-electron chi connectivity index (χ4n) is 5.31. The molecule has 1 aliphatic heterocycles. The van der Waals surface area contributed by atoms with E-state index >= 15 is 0 Å². The van der Waals surface area contributed by atoms with Crippen LogP contribution in [0.3, 0.4) is 0 Å². The van der Waals surface area contributed by atoms with Crippen LogP contribution in [0.15, 0.2) is 97.2 Å². The number of ether oxygens (including phenoxy) is 1. The molecule has 0 unspecified atom stereocenters. The number of nitrogens with one attached hydrogen (secondary N) is 1. The van der Waals surface area contributed by atoms with Gasteiger partial charge in [-0.2, -0.15) is 5.10 Å². The number of para-hydroxylation sites is 3. The molecule has 0 spiro atoms. The summed E-state index contributed by atoms with van der Waals surface area (Å²) in [6.45, 7) is 2.33. The Morgan fingerprint density at radius 1 is 1.03 bits per heavy atom. The second kappa shape index (κ2) is 10.1. The SMILES string of the molecule is CCc1nn(-c2ccccc2)c2c1CN(C(=O)Nc1ccccc1OC)[C@H](c1cccc(F)c1)c1cccn1-2. The highest BCUT2D eigenvalue weighted by molar-refractivity contribution is 5.91. The number of hydrogen-bond donors (Lipinski definition) is 1. The number of anilines is 1. The molecule has 1 aliphatic rings. The minimum atomic E-state index is -0.563. The van der Waals surface area contributed by atoms with Crippen LogP contribution in [-0.2, 0) is 13.0 Å². The van der Waals surface area contributed by atoms with E-state index in [9.17, 15) is 9.18 Å². The van der Waals surface area contributed by atoms with Crippen molar-refractivity contribution in [3.8, 4) is 17.3 Å². The number of urea groups is 1. The molecule has 7 nitrogen and oxygen atoms in total. The number of hydrogen-bond acceptors (Lipinski definition) is 3. The standard InChI is InChI=1S/C31H28FN5O2/c1-3-25-24-20-36(31(38)33-26-15-7-8-17-28(26)39-2)29(21-11-9-12-22(32)19-21)27-16-10-18-35(27)30(24)37(34-25)23-13-5-4-6-14-23/h4-19,29H,3,20H2,1-2H3,(H,33,38)/t29-/m1/s1. The predicted octanol–water partition coefficient (Wildman–Crippen LogP) is 6.51. The molecule has 1 atom stereocenters. The lowest BCUT2D eigenvalue weighted by molar-refractivity contribution is 0.194. The lowest BCUT2D eigenvalue weighted by Crippen LogP contribution is -2.38. The largest absolute Gasteiger partial charge is 0.495 e. The number of aromatic nitrogens is 3. The molecule has 39 heavy (non-hydrogen) atoms. The number of halogens is 1. The summed E-state index contributed by atoms with van der Waals surface area (Å²) >= 11 is 0. The Kier molecular flexibility index (Phi) is 6.36. The first kappa shape index (κ1) is 24.5. The van der Waals surface area contributed by atoms with E-state index in [4.69, 9.17) is 9.84 Å². The highest BCUT2D eigenvalue weighted by Gasteiger charge is 2.36. The van der Waals surface area contributed by atoms with Gasteiger partial charge in [0.2, 0.25) is 0 Å².